The Hall–Kier alpha value is -3.41. The summed E-state index contributed by atoms with van der Waals surface area (Å²) in [5.74, 6) is -3.25. The van der Waals surface area contributed by atoms with E-state index in [1.54, 1.807) is 0 Å². The number of fused-ring (bicyclic) bond motifs is 1. The predicted molar refractivity (Wildman–Crippen MR) is 105 cm³/mol. The normalized spacial score (nSPS) is 19.6. The fraction of sp³-hybridized carbons (Fsp3) is 0.316. The summed E-state index contributed by atoms with van der Waals surface area (Å²) < 4.78 is 58.5. The molecular weight excluding hydrogens is 420 g/mol. The number of piperidine rings is 1. The molecule has 12 heteroatoms. The number of nitrogens with zero attached hydrogens (tertiary/aromatic N) is 3. The SMILES string of the molecule is Nc1oc2cc(F)cnc2c1C(=O)Nc1cnccc1N1CC(N)CC(C(F)(F)F)C1. The lowest BCUT2D eigenvalue weighted by atomic mass is 9.93. The number of carbonyl (C=O) groups excluding carboxylic acids is 1. The maximum absolute atomic E-state index is 13.4. The van der Waals surface area contributed by atoms with Gasteiger partial charge in [0.15, 0.2) is 5.58 Å². The minimum atomic E-state index is -4.39. The number of pyridine rings is 2. The van der Waals surface area contributed by atoms with E-state index in [4.69, 9.17) is 15.9 Å². The van der Waals surface area contributed by atoms with Crippen molar-refractivity contribution in [1.29, 1.82) is 0 Å². The fourth-order valence-corrected chi connectivity index (χ4v) is 3.71. The molecule has 8 nitrogen and oxygen atoms in total. The molecule has 4 heterocycles. The number of hydrogen-bond donors (Lipinski definition) is 3. The standard InChI is InChI=1S/C19H18F4N6O2/c20-10-4-14-16(27-5-10)15(17(25)31-14)18(30)28-12-6-26-2-1-13(12)29-7-9(19(21,22)23)3-11(24)8-29/h1-2,4-6,9,11H,3,7-8,24-25H2,(H,28,30). The monoisotopic (exact) mass is 438 g/mol. The molecule has 2 unspecified atom stereocenters. The Bertz CT molecular complexity index is 1130. The van der Waals surface area contributed by atoms with Crippen molar-refractivity contribution in [2.75, 3.05) is 29.0 Å². The molecule has 1 saturated heterocycles. The molecule has 3 aromatic heterocycles. The first kappa shape index (κ1) is 20.8. The van der Waals surface area contributed by atoms with E-state index in [-0.39, 0.29) is 47.7 Å². The first-order valence-corrected chi connectivity index (χ1v) is 9.29. The largest absolute Gasteiger partial charge is 0.438 e. The van der Waals surface area contributed by atoms with Gasteiger partial charge in [-0.1, -0.05) is 0 Å². The topological polar surface area (TPSA) is 123 Å². The molecule has 1 aliphatic rings. The average Bonchev–Trinajstić information content (AvgIpc) is 3.02. The Morgan fingerprint density at radius 2 is 2.06 bits per heavy atom. The lowest BCUT2D eigenvalue weighted by molar-refractivity contribution is -0.177. The van der Waals surface area contributed by atoms with Crippen molar-refractivity contribution in [3.63, 3.8) is 0 Å². The van der Waals surface area contributed by atoms with Crippen LogP contribution in [0.3, 0.4) is 0 Å². The number of hydrogen-bond acceptors (Lipinski definition) is 7. The van der Waals surface area contributed by atoms with Crippen LogP contribution in [0.1, 0.15) is 16.8 Å². The molecule has 1 aliphatic heterocycles. The number of halogens is 4. The van der Waals surface area contributed by atoms with E-state index in [1.165, 1.54) is 23.4 Å². The Morgan fingerprint density at radius 3 is 2.81 bits per heavy atom. The summed E-state index contributed by atoms with van der Waals surface area (Å²) in [5, 5.41) is 2.59. The molecule has 31 heavy (non-hydrogen) atoms. The number of amides is 1. The highest BCUT2D eigenvalue weighted by Gasteiger charge is 2.44. The third-order valence-corrected chi connectivity index (χ3v) is 5.08. The number of nitrogen functional groups attached to an aromatic ring is 1. The van der Waals surface area contributed by atoms with E-state index in [9.17, 15) is 22.4 Å². The third-order valence-electron chi connectivity index (χ3n) is 5.08. The second-order valence-corrected chi connectivity index (χ2v) is 7.33. The molecule has 3 aromatic rings. The smallest absolute Gasteiger partial charge is 0.393 e. The van der Waals surface area contributed by atoms with Gasteiger partial charge >= 0.3 is 6.18 Å². The molecule has 0 spiro atoms. The highest BCUT2D eigenvalue weighted by Crippen LogP contribution is 2.37. The summed E-state index contributed by atoms with van der Waals surface area (Å²) in [6, 6.07) is 1.84. The summed E-state index contributed by atoms with van der Waals surface area (Å²) >= 11 is 0. The molecule has 0 saturated carbocycles. The number of carbonyl (C=O) groups is 1. The first-order valence-electron chi connectivity index (χ1n) is 9.29. The molecule has 164 valence electrons. The lowest BCUT2D eigenvalue weighted by Crippen LogP contribution is -2.51. The first-order chi connectivity index (χ1) is 14.6. The second-order valence-electron chi connectivity index (χ2n) is 7.33. The van der Waals surface area contributed by atoms with Gasteiger partial charge in [-0.25, -0.2) is 9.37 Å². The summed E-state index contributed by atoms with van der Waals surface area (Å²) in [5.41, 5.74) is 12.0. The van der Waals surface area contributed by atoms with Crippen LogP contribution in [0.4, 0.5) is 34.8 Å². The number of furan rings is 1. The van der Waals surface area contributed by atoms with Crippen LogP contribution in [0, 0.1) is 11.7 Å². The molecule has 5 N–H and O–H groups in total. The van der Waals surface area contributed by atoms with Crippen molar-refractivity contribution in [3.05, 3.63) is 42.1 Å². The third kappa shape index (κ3) is 4.10. The second kappa shape index (κ2) is 7.69. The van der Waals surface area contributed by atoms with Gasteiger partial charge in [-0.3, -0.25) is 9.78 Å². The van der Waals surface area contributed by atoms with Gasteiger partial charge in [0, 0.05) is 31.4 Å². The van der Waals surface area contributed by atoms with Gasteiger partial charge in [-0.2, -0.15) is 13.2 Å². The minimum absolute atomic E-state index is 0.0101. The maximum atomic E-state index is 13.4. The van der Waals surface area contributed by atoms with Crippen molar-refractivity contribution in [3.8, 4) is 0 Å². The Kier molecular flexibility index (Phi) is 5.17. The molecule has 0 aliphatic carbocycles. The Labute approximate surface area is 173 Å². The molecule has 2 atom stereocenters. The summed E-state index contributed by atoms with van der Waals surface area (Å²) in [7, 11) is 0. The molecule has 0 radical (unpaired) electrons. The van der Waals surface area contributed by atoms with E-state index in [0.717, 1.165) is 12.3 Å². The average molecular weight is 438 g/mol. The summed E-state index contributed by atoms with van der Waals surface area (Å²) in [6.45, 7) is -0.126. The van der Waals surface area contributed by atoms with Crippen LogP contribution in [-0.4, -0.2) is 41.2 Å². The minimum Gasteiger partial charge on any atom is -0.438 e. The number of rotatable bonds is 3. The highest BCUT2D eigenvalue weighted by atomic mass is 19.4. The van der Waals surface area contributed by atoms with Gasteiger partial charge in [0.25, 0.3) is 5.91 Å². The molecule has 1 amide bonds. The quantitative estimate of drug-likeness (QED) is 0.537. The molecule has 0 aromatic carbocycles. The van der Waals surface area contributed by atoms with Crippen molar-refractivity contribution in [1.82, 2.24) is 9.97 Å². The van der Waals surface area contributed by atoms with E-state index < -0.39 is 29.9 Å². The van der Waals surface area contributed by atoms with E-state index in [1.807, 2.05) is 0 Å². The van der Waals surface area contributed by atoms with Crippen LogP contribution in [0.5, 0.6) is 0 Å². The number of nitrogens with one attached hydrogen (secondary N) is 1. The van der Waals surface area contributed by atoms with Crippen LogP contribution in [-0.2, 0) is 0 Å². The zero-order valence-corrected chi connectivity index (χ0v) is 16.0. The van der Waals surface area contributed by atoms with Gasteiger partial charge in [-0.05, 0) is 12.5 Å². The molecule has 4 rings (SSSR count). The van der Waals surface area contributed by atoms with Crippen molar-refractivity contribution >= 4 is 34.3 Å². The van der Waals surface area contributed by atoms with Gasteiger partial charge in [0.05, 0.1) is 29.7 Å². The van der Waals surface area contributed by atoms with Crippen molar-refractivity contribution < 1.29 is 26.8 Å². The van der Waals surface area contributed by atoms with E-state index >= 15 is 0 Å². The van der Waals surface area contributed by atoms with E-state index in [0.29, 0.717) is 5.69 Å². The summed E-state index contributed by atoms with van der Waals surface area (Å²) in [4.78, 5) is 22.1. The van der Waals surface area contributed by atoms with Crippen LogP contribution in [0.2, 0.25) is 0 Å². The van der Waals surface area contributed by atoms with Gasteiger partial charge in [0.2, 0.25) is 5.88 Å². The number of alkyl halides is 3. The number of aromatic nitrogens is 2. The molecule has 0 bridgehead atoms. The summed E-state index contributed by atoms with van der Waals surface area (Å²) in [6.07, 6.45) is -0.943. The van der Waals surface area contributed by atoms with Gasteiger partial charge in [-0.15, -0.1) is 0 Å². The van der Waals surface area contributed by atoms with Gasteiger partial charge < -0.3 is 26.1 Å². The maximum Gasteiger partial charge on any atom is 0.393 e. The van der Waals surface area contributed by atoms with Crippen molar-refractivity contribution in [2.45, 2.75) is 18.6 Å². The lowest BCUT2D eigenvalue weighted by Gasteiger charge is -2.39. The number of nitrogens with two attached hydrogens (primary N) is 2. The van der Waals surface area contributed by atoms with Crippen molar-refractivity contribution in [2.24, 2.45) is 11.7 Å². The van der Waals surface area contributed by atoms with E-state index in [2.05, 4.69) is 15.3 Å². The predicted octanol–water partition coefficient (Wildman–Crippen LogP) is 2.91. The molecular formula is C19H18F4N6O2. The zero-order chi connectivity index (χ0) is 22.3. The van der Waals surface area contributed by atoms with Crippen LogP contribution in [0.25, 0.3) is 11.1 Å². The van der Waals surface area contributed by atoms with Crippen LogP contribution < -0.4 is 21.7 Å². The highest BCUT2D eigenvalue weighted by molar-refractivity contribution is 6.15. The fourth-order valence-electron chi connectivity index (χ4n) is 3.71. The Balaban J connectivity index is 1.64. The Morgan fingerprint density at radius 1 is 1.29 bits per heavy atom. The van der Waals surface area contributed by atoms with Crippen LogP contribution in [0.15, 0.2) is 35.1 Å². The van der Waals surface area contributed by atoms with Gasteiger partial charge in [0.1, 0.15) is 16.9 Å². The molecule has 1 fully saturated rings. The zero-order valence-electron chi connectivity index (χ0n) is 16.0. The number of anilines is 3. The van der Waals surface area contributed by atoms with Crippen LogP contribution >= 0.6 is 0 Å².